The number of carbonyl (C=O) groups is 1. The van der Waals surface area contributed by atoms with Crippen molar-refractivity contribution in [1.82, 2.24) is 5.32 Å². The fraction of sp³-hybridized carbons (Fsp3) is 0.556. The summed E-state index contributed by atoms with van der Waals surface area (Å²) in [5.41, 5.74) is 7.79. The number of nitrogens with zero attached hydrogens (tertiary/aromatic N) is 1. The molecule has 1 aromatic rings. The molecular formula is C18H29N3O2. The van der Waals surface area contributed by atoms with Crippen LogP contribution in [0.3, 0.4) is 0 Å². The molecule has 0 heterocycles. The smallest absolute Gasteiger partial charge is 0.251 e. The monoisotopic (exact) mass is 319 g/mol. The number of aliphatic imine (C=N–C) groups is 1. The molecule has 0 aliphatic heterocycles. The Morgan fingerprint density at radius 1 is 1.30 bits per heavy atom. The van der Waals surface area contributed by atoms with Gasteiger partial charge in [-0.25, -0.2) is 0 Å². The highest BCUT2D eigenvalue weighted by molar-refractivity contribution is 5.93. The van der Waals surface area contributed by atoms with Gasteiger partial charge in [0.15, 0.2) is 0 Å². The molecule has 0 unspecified atom stereocenters. The second-order valence-corrected chi connectivity index (χ2v) is 5.51. The number of carbonyl (C=O) groups excluding carboxylic acids is 1. The molecule has 1 rings (SSSR count). The van der Waals surface area contributed by atoms with Crippen molar-refractivity contribution >= 4 is 11.7 Å². The largest absolute Gasteiger partial charge is 0.387 e. The number of rotatable bonds is 10. The van der Waals surface area contributed by atoms with E-state index in [0.717, 1.165) is 31.4 Å². The highest BCUT2D eigenvalue weighted by atomic mass is 16.5. The first kappa shape index (κ1) is 19.2. The van der Waals surface area contributed by atoms with Crippen LogP contribution in [0, 0.1) is 0 Å². The Balaban J connectivity index is 2.43. The maximum absolute atomic E-state index is 11.5. The van der Waals surface area contributed by atoms with Gasteiger partial charge in [0.25, 0.3) is 5.91 Å². The van der Waals surface area contributed by atoms with E-state index in [1.165, 1.54) is 0 Å². The lowest BCUT2D eigenvalue weighted by Crippen LogP contribution is -2.20. The molecule has 1 atom stereocenters. The lowest BCUT2D eigenvalue weighted by atomic mass is 10.1. The van der Waals surface area contributed by atoms with Crippen LogP contribution < -0.4 is 11.1 Å². The Kier molecular flexibility index (Phi) is 8.98. The minimum Gasteiger partial charge on any atom is -0.387 e. The van der Waals surface area contributed by atoms with Crippen molar-refractivity contribution in [2.45, 2.75) is 45.6 Å². The molecule has 0 aliphatic rings. The molecule has 23 heavy (non-hydrogen) atoms. The Morgan fingerprint density at radius 2 is 2.00 bits per heavy atom. The number of hydrogen-bond donors (Lipinski definition) is 2. The van der Waals surface area contributed by atoms with Gasteiger partial charge < -0.3 is 15.8 Å². The first-order valence-corrected chi connectivity index (χ1v) is 8.32. The molecule has 0 radical (unpaired) electrons. The van der Waals surface area contributed by atoms with Crippen molar-refractivity contribution in [3.8, 4) is 0 Å². The van der Waals surface area contributed by atoms with Crippen LogP contribution >= 0.6 is 0 Å². The lowest BCUT2D eigenvalue weighted by Gasteiger charge is -2.13. The van der Waals surface area contributed by atoms with Gasteiger partial charge in [-0.15, -0.1) is 0 Å². The predicted octanol–water partition coefficient (Wildman–Crippen LogP) is 2.54. The first-order valence-electron chi connectivity index (χ1n) is 8.32. The third kappa shape index (κ3) is 7.28. The molecule has 5 nitrogen and oxygen atoms in total. The summed E-state index contributed by atoms with van der Waals surface area (Å²) in [7, 11) is 1.63. The number of nitrogens with two attached hydrogens (primary N) is 1. The molecule has 0 saturated carbocycles. The number of hydrogen-bond acceptors (Lipinski definition) is 3. The average Bonchev–Trinajstić information content (AvgIpc) is 2.59. The van der Waals surface area contributed by atoms with Crippen LogP contribution in [-0.4, -0.2) is 38.0 Å². The van der Waals surface area contributed by atoms with Crippen LogP contribution in [-0.2, 0) is 11.2 Å². The van der Waals surface area contributed by atoms with Crippen LogP contribution in [0.25, 0.3) is 0 Å². The van der Waals surface area contributed by atoms with Gasteiger partial charge in [-0.3, -0.25) is 9.79 Å². The molecule has 0 spiro atoms. The second kappa shape index (κ2) is 10.8. The lowest BCUT2D eigenvalue weighted by molar-refractivity contribution is 0.0575. The normalized spacial score (nSPS) is 12.9. The summed E-state index contributed by atoms with van der Waals surface area (Å²) in [6.45, 7) is 5.59. The summed E-state index contributed by atoms with van der Waals surface area (Å²) in [4.78, 5) is 15.9. The first-order chi connectivity index (χ1) is 11.1. The Labute approximate surface area is 139 Å². The van der Waals surface area contributed by atoms with E-state index in [9.17, 15) is 4.79 Å². The fourth-order valence-corrected chi connectivity index (χ4v) is 2.12. The topological polar surface area (TPSA) is 76.7 Å². The van der Waals surface area contributed by atoms with Gasteiger partial charge in [0, 0.05) is 25.6 Å². The van der Waals surface area contributed by atoms with Crippen molar-refractivity contribution in [2.75, 3.05) is 20.2 Å². The number of ether oxygens (including phenoxy) is 1. The van der Waals surface area contributed by atoms with Crippen molar-refractivity contribution in [1.29, 1.82) is 0 Å². The molecule has 0 fully saturated rings. The Bertz CT molecular complexity index is 497. The molecule has 1 aromatic carbocycles. The summed E-state index contributed by atoms with van der Waals surface area (Å²) in [5.74, 6) is 0.578. The van der Waals surface area contributed by atoms with E-state index in [1.807, 2.05) is 24.3 Å². The molecule has 128 valence electrons. The number of amidine groups is 1. The van der Waals surface area contributed by atoms with Crippen molar-refractivity contribution in [3.63, 3.8) is 0 Å². The van der Waals surface area contributed by atoms with Gasteiger partial charge in [0.05, 0.1) is 18.5 Å². The van der Waals surface area contributed by atoms with E-state index < -0.39 is 0 Å². The average molecular weight is 319 g/mol. The zero-order valence-corrected chi connectivity index (χ0v) is 14.5. The maximum atomic E-state index is 11.5. The van der Waals surface area contributed by atoms with Crippen LogP contribution in [0.4, 0.5) is 0 Å². The number of amides is 1. The summed E-state index contributed by atoms with van der Waals surface area (Å²) in [6.07, 6.45) is 3.64. The Morgan fingerprint density at radius 3 is 2.57 bits per heavy atom. The summed E-state index contributed by atoms with van der Waals surface area (Å²) in [5, 5.41) is 2.61. The quantitative estimate of drug-likeness (QED) is 0.514. The molecule has 0 aliphatic carbocycles. The number of aryl methyl sites for hydroxylation is 1. The van der Waals surface area contributed by atoms with Gasteiger partial charge >= 0.3 is 0 Å². The van der Waals surface area contributed by atoms with E-state index in [1.54, 1.807) is 7.05 Å². The van der Waals surface area contributed by atoms with Crippen molar-refractivity contribution in [2.24, 2.45) is 10.7 Å². The van der Waals surface area contributed by atoms with E-state index in [4.69, 9.17) is 10.5 Å². The van der Waals surface area contributed by atoms with Crippen LogP contribution in [0.5, 0.6) is 0 Å². The van der Waals surface area contributed by atoms with Gasteiger partial charge in [0.2, 0.25) is 0 Å². The zero-order valence-electron chi connectivity index (χ0n) is 14.5. The third-order valence-electron chi connectivity index (χ3n) is 3.62. The van der Waals surface area contributed by atoms with Gasteiger partial charge in [0.1, 0.15) is 0 Å². The SMILES string of the molecule is CCCO[C@H](CC)CN=C(N)CCc1ccc(C(=O)NC)cc1. The third-order valence-corrected chi connectivity index (χ3v) is 3.62. The molecule has 3 N–H and O–H groups in total. The maximum Gasteiger partial charge on any atom is 0.251 e. The van der Waals surface area contributed by atoms with Crippen LogP contribution in [0.1, 0.15) is 49.0 Å². The fourth-order valence-electron chi connectivity index (χ4n) is 2.12. The highest BCUT2D eigenvalue weighted by Crippen LogP contribution is 2.07. The van der Waals surface area contributed by atoms with E-state index in [0.29, 0.717) is 24.4 Å². The summed E-state index contributed by atoms with van der Waals surface area (Å²) in [6, 6.07) is 7.56. The van der Waals surface area contributed by atoms with Crippen molar-refractivity contribution < 1.29 is 9.53 Å². The standard InChI is InChI=1S/C18H29N3O2/c1-4-12-23-16(5-2)13-21-17(19)11-8-14-6-9-15(10-7-14)18(22)20-3/h6-7,9-10,16H,4-5,8,11-13H2,1-3H3,(H2,19,21)(H,20,22)/t16-/m1/s1. The Hall–Kier alpha value is -1.88. The van der Waals surface area contributed by atoms with E-state index >= 15 is 0 Å². The summed E-state index contributed by atoms with van der Waals surface area (Å²) >= 11 is 0. The van der Waals surface area contributed by atoms with Gasteiger partial charge in [-0.05, 0) is 37.0 Å². The zero-order chi connectivity index (χ0) is 17.1. The van der Waals surface area contributed by atoms with Gasteiger partial charge in [-0.2, -0.15) is 0 Å². The molecule has 5 heteroatoms. The van der Waals surface area contributed by atoms with Crippen LogP contribution in [0.2, 0.25) is 0 Å². The number of nitrogens with one attached hydrogen (secondary N) is 1. The van der Waals surface area contributed by atoms with Crippen molar-refractivity contribution in [3.05, 3.63) is 35.4 Å². The molecule has 0 bridgehead atoms. The molecule has 0 saturated heterocycles. The van der Waals surface area contributed by atoms with Crippen LogP contribution in [0.15, 0.2) is 29.3 Å². The minimum atomic E-state index is -0.0738. The van der Waals surface area contributed by atoms with E-state index in [-0.39, 0.29) is 12.0 Å². The number of benzene rings is 1. The van der Waals surface area contributed by atoms with E-state index in [2.05, 4.69) is 24.2 Å². The molecular weight excluding hydrogens is 290 g/mol. The predicted molar refractivity (Wildman–Crippen MR) is 95.0 cm³/mol. The minimum absolute atomic E-state index is 0.0738. The highest BCUT2D eigenvalue weighted by Gasteiger charge is 2.06. The molecule has 0 aromatic heterocycles. The van der Waals surface area contributed by atoms with Gasteiger partial charge in [-0.1, -0.05) is 26.0 Å². The second-order valence-electron chi connectivity index (χ2n) is 5.51. The molecule has 1 amide bonds. The summed E-state index contributed by atoms with van der Waals surface area (Å²) < 4.78 is 5.70.